The zero-order chi connectivity index (χ0) is 27.9. The number of nitrogens with zero attached hydrogens (tertiary/aromatic N) is 5. The van der Waals surface area contributed by atoms with E-state index < -0.39 is 0 Å². The van der Waals surface area contributed by atoms with E-state index in [0.717, 1.165) is 55.2 Å². The van der Waals surface area contributed by atoms with Crippen molar-refractivity contribution in [1.29, 1.82) is 0 Å². The summed E-state index contributed by atoms with van der Waals surface area (Å²) in [6.07, 6.45) is 1.81. The number of phenolic OH excluding ortho intramolecular Hbond substituents is 1. The lowest BCUT2D eigenvalue weighted by Gasteiger charge is -2.26. The highest BCUT2D eigenvalue weighted by molar-refractivity contribution is 5.87. The monoisotopic (exact) mass is 553 g/mol. The van der Waals surface area contributed by atoms with Gasteiger partial charge in [-0.15, -0.1) is 5.10 Å². The van der Waals surface area contributed by atoms with Crippen LogP contribution in [0.15, 0.2) is 85.1 Å². The second-order valence-corrected chi connectivity index (χ2v) is 9.58. The molecule has 0 unspecified atom stereocenters. The molecule has 210 valence electrons. The number of aromatic nitrogens is 4. The van der Waals surface area contributed by atoms with Crippen molar-refractivity contribution in [3.8, 4) is 40.1 Å². The average Bonchev–Trinajstić information content (AvgIpc) is 3.50. The predicted octanol–water partition coefficient (Wildman–Crippen LogP) is 4.71. The van der Waals surface area contributed by atoms with Crippen molar-refractivity contribution in [1.82, 2.24) is 24.9 Å². The Labute approximate surface area is 237 Å². The molecule has 10 heteroatoms. The Morgan fingerprint density at radius 2 is 1.66 bits per heavy atom. The van der Waals surface area contributed by atoms with Crippen molar-refractivity contribution < 1.29 is 24.1 Å². The third kappa shape index (κ3) is 6.80. The molecule has 41 heavy (non-hydrogen) atoms. The van der Waals surface area contributed by atoms with Gasteiger partial charge < -0.3 is 24.1 Å². The fourth-order valence-corrected chi connectivity index (χ4v) is 4.56. The van der Waals surface area contributed by atoms with Gasteiger partial charge in [0.15, 0.2) is 0 Å². The molecule has 6 rings (SSSR count). The number of pyridine rings is 1. The molecule has 1 aliphatic heterocycles. The van der Waals surface area contributed by atoms with E-state index in [1.807, 2.05) is 60.8 Å². The van der Waals surface area contributed by atoms with E-state index in [4.69, 9.17) is 23.9 Å². The molecule has 3 heterocycles. The van der Waals surface area contributed by atoms with Crippen molar-refractivity contribution in [3.63, 3.8) is 0 Å². The van der Waals surface area contributed by atoms with Gasteiger partial charge in [-0.05, 0) is 60.7 Å². The van der Waals surface area contributed by atoms with Crippen LogP contribution in [0.1, 0.15) is 0 Å². The fourth-order valence-electron chi connectivity index (χ4n) is 4.56. The number of benzene rings is 3. The largest absolute Gasteiger partial charge is 0.508 e. The van der Waals surface area contributed by atoms with Crippen molar-refractivity contribution >= 4 is 10.9 Å². The summed E-state index contributed by atoms with van der Waals surface area (Å²) in [5.41, 5.74) is 2.91. The zero-order valence-corrected chi connectivity index (χ0v) is 22.6. The summed E-state index contributed by atoms with van der Waals surface area (Å²) >= 11 is 0. The lowest BCUT2D eigenvalue weighted by atomic mass is 10.1. The van der Waals surface area contributed by atoms with Crippen molar-refractivity contribution in [3.05, 3.63) is 85.1 Å². The van der Waals surface area contributed by atoms with Gasteiger partial charge >= 0.3 is 0 Å². The second kappa shape index (κ2) is 12.8. The lowest BCUT2D eigenvalue weighted by molar-refractivity contribution is 0.0170. The summed E-state index contributed by atoms with van der Waals surface area (Å²) in [5.74, 6) is 2.28. The second-order valence-electron chi connectivity index (χ2n) is 9.58. The van der Waals surface area contributed by atoms with Crippen molar-refractivity contribution in [2.75, 3.05) is 52.7 Å². The van der Waals surface area contributed by atoms with Gasteiger partial charge in [-0.3, -0.25) is 4.90 Å². The van der Waals surface area contributed by atoms with Crippen LogP contribution in [0.2, 0.25) is 0 Å². The van der Waals surface area contributed by atoms with Crippen LogP contribution in [0.5, 0.6) is 23.0 Å². The first-order valence-corrected chi connectivity index (χ1v) is 13.6. The number of morpholine rings is 1. The van der Waals surface area contributed by atoms with Crippen LogP contribution < -0.4 is 9.47 Å². The molecule has 0 radical (unpaired) electrons. The highest BCUT2D eigenvalue weighted by atomic mass is 16.5. The number of rotatable bonds is 11. The quantitative estimate of drug-likeness (QED) is 0.233. The summed E-state index contributed by atoms with van der Waals surface area (Å²) in [4.78, 5) is 7.14. The Morgan fingerprint density at radius 1 is 0.829 bits per heavy atom. The predicted molar refractivity (Wildman–Crippen MR) is 154 cm³/mol. The van der Waals surface area contributed by atoms with Gasteiger partial charge in [0, 0.05) is 31.1 Å². The molecule has 0 spiro atoms. The maximum atomic E-state index is 9.53. The first-order chi connectivity index (χ1) is 20.2. The van der Waals surface area contributed by atoms with Gasteiger partial charge in [0.05, 0.1) is 49.5 Å². The van der Waals surface area contributed by atoms with Crippen LogP contribution in [0.3, 0.4) is 0 Å². The van der Waals surface area contributed by atoms with Crippen LogP contribution >= 0.6 is 0 Å². The molecule has 3 aromatic carbocycles. The van der Waals surface area contributed by atoms with Gasteiger partial charge in [-0.2, -0.15) is 0 Å². The number of aromatic hydroxyl groups is 1. The molecule has 0 aliphatic carbocycles. The number of hydrogen-bond acceptors (Lipinski definition) is 9. The van der Waals surface area contributed by atoms with Crippen LogP contribution in [-0.4, -0.2) is 82.7 Å². The Bertz CT molecular complexity index is 1580. The van der Waals surface area contributed by atoms with Crippen LogP contribution in [0.25, 0.3) is 28.0 Å². The molecule has 10 nitrogen and oxygen atoms in total. The first-order valence-electron chi connectivity index (χ1n) is 13.6. The molecular formula is C31H31N5O5. The van der Waals surface area contributed by atoms with E-state index in [-0.39, 0.29) is 5.75 Å². The highest BCUT2D eigenvalue weighted by Gasteiger charge is 2.12. The molecule has 5 aromatic rings. The average molecular weight is 554 g/mol. The van der Waals surface area contributed by atoms with Gasteiger partial charge in [0.25, 0.3) is 0 Å². The standard InChI is InChI=1S/C31H31N5O5/c37-24-9-7-23(8-10-24)36-22-30(33-34-36)29-12-11-27-28(32-29)5-2-6-31(27)41-26-4-1-3-25(21-26)40-20-19-39-18-15-35-13-16-38-17-14-35/h1-12,21-22,37H,13-20H2. The minimum atomic E-state index is 0.197. The number of hydrogen-bond donors (Lipinski definition) is 1. The first kappa shape index (κ1) is 26.7. The third-order valence-corrected chi connectivity index (χ3v) is 6.75. The molecule has 1 saturated heterocycles. The summed E-state index contributed by atoms with van der Waals surface area (Å²) in [6.45, 7) is 6.10. The van der Waals surface area contributed by atoms with E-state index in [9.17, 15) is 5.11 Å². The van der Waals surface area contributed by atoms with E-state index in [1.165, 1.54) is 0 Å². The topological polar surface area (TPSA) is 104 Å². The number of ether oxygens (including phenoxy) is 4. The fraction of sp³-hybridized carbons (Fsp3) is 0.258. The Balaban J connectivity index is 1.07. The van der Waals surface area contributed by atoms with E-state index in [1.54, 1.807) is 28.9 Å². The SMILES string of the molecule is Oc1ccc(-n2cc(-c3ccc4c(Oc5cccc(OCCOCCN6CCOCC6)c5)cccc4n3)nn2)cc1. The maximum Gasteiger partial charge on any atom is 0.136 e. The Kier molecular flexibility index (Phi) is 8.32. The van der Waals surface area contributed by atoms with E-state index >= 15 is 0 Å². The molecule has 0 bridgehead atoms. The molecule has 2 aromatic heterocycles. The highest BCUT2D eigenvalue weighted by Crippen LogP contribution is 2.32. The number of fused-ring (bicyclic) bond motifs is 1. The summed E-state index contributed by atoms with van der Waals surface area (Å²) in [5, 5.41) is 18.9. The number of phenols is 1. The van der Waals surface area contributed by atoms with Gasteiger partial charge in [-0.1, -0.05) is 17.3 Å². The minimum absolute atomic E-state index is 0.197. The summed E-state index contributed by atoms with van der Waals surface area (Å²) < 4.78 is 24.9. The molecule has 1 fully saturated rings. The normalized spacial score (nSPS) is 13.9. The van der Waals surface area contributed by atoms with E-state index in [2.05, 4.69) is 15.2 Å². The maximum absolute atomic E-state index is 9.53. The Morgan fingerprint density at radius 3 is 2.54 bits per heavy atom. The summed E-state index contributed by atoms with van der Waals surface area (Å²) in [7, 11) is 0. The van der Waals surface area contributed by atoms with Crippen LogP contribution in [0, 0.1) is 0 Å². The van der Waals surface area contributed by atoms with Gasteiger partial charge in [0.2, 0.25) is 0 Å². The van der Waals surface area contributed by atoms with Gasteiger partial charge in [-0.25, -0.2) is 9.67 Å². The summed E-state index contributed by atoms with van der Waals surface area (Å²) in [6, 6.07) is 24.0. The molecule has 0 amide bonds. The molecule has 0 saturated carbocycles. The zero-order valence-electron chi connectivity index (χ0n) is 22.6. The van der Waals surface area contributed by atoms with Crippen molar-refractivity contribution in [2.24, 2.45) is 0 Å². The Hall–Kier alpha value is -4.51. The van der Waals surface area contributed by atoms with E-state index in [0.29, 0.717) is 42.7 Å². The molecule has 1 N–H and O–H groups in total. The van der Waals surface area contributed by atoms with Gasteiger partial charge in [0.1, 0.15) is 35.3 Å². The molecule has 1 aliphatic rings. The lowest BCUT2D eigenvalue weighted by Crippen LogP contribution is -2.38. The van der Waals surface area contributed by atoms with Crippen LogP contribution in [-0.2, 0) is 9.47 Å². The third-order valence-electron chi connectivity index (χ3n) is 6.75. The smallest absolute Gasteiger partial charge is 0.136 e. The van der Waals surface area contributed by atoms with Crippen LogP contribution in [0.4, 0.5) is 0 Å². The molecular weight excluding hydrogens is 522 g/mol. The van der Waals surface area contributed by atoms with Crippen molar-refractivity contribution in [2.45, 2.75) is 0 Å². The minimum Gasteiger partial charge on any atom is -0.508 e. The molecule has 0 atom stereocenters.